The van der Waals surface area contributed by atoms with E-state index in [0.717, 1.165) is 5.56 Å². The Morgan fingerprint density at radius 3 is 2.69 bits per heavy atom. The van der Waals surface area contributed by atoms with E-state index in [1.54, 1.807) is 17.8 Å². The largest absolute Gasteiger partial charge is 0.390 e. The summed E-state index contributed by atoms with van der Waals surface area (Å²) in [4.78, 5) is 22.3. The summed E-state index contributed by atoms with van der Waals surface area (Å²) in [7, 11) is 0. The third-order valence-corrected chi connectivity index (χ3v) is 3.89. The van der Waals surface area contributed by atoms with Crippen molar-refractivity contribution in [1.29, 1.82) is 0 Å². The van der Waals surface area contributed by atoms with E-state index in [-0.39, 0.29) is 18.2 Å². The molecule has 0 aliphatic rings. The highest BCUT2D eigenvalue weighted by Gasteiger charge is 2.18. The zero-order valence-corrected chi connectivity index (χ0v) is 14.6. The molecule has 0 spiro atoms. The Balaban J connectivity index is 1.67. The molecule has 2 aromatic heterocycles. The number of benzene rings is 1. The van der Waals surface area contributed by atoms with E-state index in [0.29, 0.717) is 17.3 Å². The quantitative estimate of drug-likeness (QED) is 0.527. The van der Waals surface area contributed by atoms with E-state index < -0.39 is 10.8 Å². The van der Waals surface area contributed by atoms with Crippen molar-refractivity contribution in [2.75, 3.05) is 5.32 Å². The molecule has 3 aromatic rings. The van der Waals surface area contributed by atoms with Crippen LogP contribution in [0.4, 0.5) is 11.6 Å². The summed E-state index contributed by atoms with van der Waals surface area (Å²) >= 11 is 6.13. The van der Waals surface area contributed by atoms with Crippen LogP contribution in [0.15, 0.2) is 42.6 Å². The monoisotopic (exact) mass is 374 g/mol. The predicted molar refractivity (Wildman–Crippen MR) is 95.0 cm³/mol. The van der Waals surface area contributed by atoms with Crippen LogP contribution in [0, 0.1) is 17.0 Å². The lowest BCUT2D eigenvalue weighted by molar-refractivity contribution is -0.389. The first kappa shape index (κ1) is 17.6. The van der Waals surface area contributed by atoms with E-state index >= 15 is 0 Å². The van der Waals surface area contributed by atoms with Gasteiger partial charge in [-0.2, -0.15) is 9.78 Å². The molecule has 0 saturated heterocycles. The molecule has 3 rings (SSSR count). The number of nitro groups is 1. The van der Waals surface area contributed by atoms with E-state index in [4.69, 9.17) is 11.6 Å². The second kappa shape index (κ2) is 7.36. The van der Waals surface area contributed by atoms with Gasteiger partial charge in [0.1, 0.15) is 11.6 Å². The van der Waals surface area contributed by atoms with Crippen LogP contribution in [-0.4, -0.2) is 30.4 Å². The fraction of sp³-hybridized carbons (Fsp3) is 0.188. The molecule has 9 nitrogen and oxygen atoms in total. The molecule has 0 aliphatic heterocycles. The van der Waals surface area contributed by atoms with Gasteiger partial charge in [0.05, 0.1) is 23.4 Å². The van der Waals surface area contributed by atoms with Crippen LogP contribution in [0.25, 0.3) is 0 Å². The molecule has 134 valence electrons. The number of anilines is 1. The Hall–Kier alpha value is -3.20. The van der Waals surface area contributed by atoms with Gasteiger partial charge in [0.25, 0.3) is 0 Å². The molecule has 0 unspecified atom stereocenters. The van der Waals surface area contributed by atoms with Gasteiger partial charge in [-0.3, -0.25) is 9.48 Å². The van der Waals surface area contributed by atoms with Gasteiger partial charge in [0.2, 0.25) is 5.91 Å². The highest BCUT2D eigenvalue weighted by atomic mass is 35.5. The number of aromatic nitrogens is 4. The summed E-state index contributed by atoms with van der Waals surface area (Å²) in [5, 5.41) is 21.7. The number of halogens is 1. The number of hydrogen-bond donors (Lipinski definition) is 1. The van der Waals surface area contributed by atoms with Crippen LogP contribution >= 0.6 is 11.6 Å². The zero-order valence-electron chi connectivity index (χ0n) is 13.8. The predicted octanol–water partition coefficient (Wildman–Crippen LogP) is 2.64. The number of carbonyl (C=O) groups is 1. The number of hydrogen-bond acceptors (Lipinski definition) is 5. The van der Waals surface area contributed by atoms with Crippen molar-refractivity contribution in [1.82, 2.24) is 19.6 Å². The normalized spacial score (nSPS) is 10.7. The van der Waals surface area contributed by atoms with Crippen molar-refractivity contribution in [3.8, 4) is 0 Å². The summed E-state index contributed by atoms with van der Waals surface area (Å²) in [6.45, 7) is 1.97. The fourth-order valence-corrected chi connectivity index (χ4v) is 2.58. The van der Waals surface area contributed by atoms with Gasteiger partial charge in [-0.05, 0) is 17.4 Å². The first-order chi connectivity index (χ1) is 12.4. The lowest BCUT2D eigenvalue weighted by atomic mass is 10.2. The van der Waals surface area contributed by atoms with Crippen molar-refractivity contribution >= 4 is 29.1 Å². The highest BCUT2D eigenvalue weighted by molar-refractivity contribution is 6.33. The van der Waals surface area contributed by atoms with Crippen LogP contribution in [0.5, 0.6) is 0 Å². The molecule has 0 aliphatic carbocycles. The van der Waals surface area contributed by atoms with Crippen LogP contribution in [0.1, 0.15) is 11.3 Å². The second-order valence-corrected chi connectivity index (χ2v) is 6.02. The maximum atomic E-state index is 12.2. The number of rotatable bonds is 6. The van der Waals surface area contributed by atoms with Crippen LogP contribution in [0.3, 0.4) is 0 Å². The van der Waals surface area contributed by atoms with Crippen molar-refractivity contribution in [2.24, 2.45) is 0 Å². The Kier molecular flexibility index (Phi) is 4.99. The van der Waals surface area contributed by atoms with Crippen LogP contribution in [-0.2, 0) is 17.9 Å². The maximum Gasteiger partial charge on any atom is 0.390 e. The number of carbonyl (C=O) groups excluding carboxylic acids is 1. The summed E-state index contributed by atoms with van der Waals surface area (Å²) in [5.41, 5.74) is 1.55. The zero-order chi connectivity index (χ0) is 18.7. The maximum absolute atomic E-state index is 12.2. The Morgan fingerprint density at radius 1 is 1.31 bits per heavy atom. The van der Waals surface area contributed by atoms with Gasteiger partial charge in [0, 0.05) is 6.20 Å². The Bertz CT molecular complexity index is 950. The van der Waals surface area contributed by atoms with E-state index in [9.17, 15) is 14.9 Å². The summed E-state index contributed by atoms with van der Waals surface area (Å²) < 4.78 is 2.87. The average molecular weight is 375 g/mol. The van der Waals surface area contributed by atoms with E-state index in [1.165, 1.54) is 10.7 Å². The van der Waals surface area contributed by atoms with Gasteiger partial charge in [0.15, 0.2) is 5.82 Å². The van der Waals surface area contributed by atoms with E-state index in [1.807, 2.05) is 30.3 Å². The molecule has 1 aromatic carbocycles. The number of aryl methyl sites for hydroxylation is 1. The van der Waals surface area contributed by atoms with Gasteiger partial charge in [-0.1, -0.05) is 41.9 Å². The van der Waals surface area contributed by atoms with Crippen molar-refractivity contribution in [3.63, 3.8) is 0 Å². The molecule has 0 saturated carbocycles. The molecule has 0 radical (unpaired) electrons. The number of nitrogens with zero attached hydrogens (tertiary/aromatic N) is 5. The Labute approximate surface area is 153 Å². The first-order valence-corrected chi connectivity index (χ1v) is 8.06. The van der Waals surface area contributed by atoms with Gasteiger partial charge in [-0.15, -0.1) is 0 Å². The average Bonchev–Trinajstić information content (AvgIpc) is 3.12. The van der Waals surface area contributed by atoms with Crippen LogP contribution in [0.2, 0.25) is 5.02 Å². The van der Waals surface area contributed by atoms with Gasteiger partial charge < -0.3 is 15.4 Å². The second-order valence-electron chi connectivity index (χ2n) is 5.62. The summed E-state index contributed by atoms with van der Waals surface area (Å²) in [5.74, 6) is -0.509. The lowest BCUT2D eigenvalue weighted by Gasteiger charge is -2.03. The first-order valence-electron chi connectivity index (χ1n) is 7.68. The SMILES string of the molecule is Cc1cc([N+](=O)[O-])nn1CC(=O)Nc1nn(Cc2ccccc2)cc1Cl. The third kappa shape index (κ3) is 4.06. The molecule has 2 heterocycles. The lowest BCUT2D eigenvalue weighted by Crippen LogP contribution is -2.21. The molecule has 0 bridgehead atoms. The highest BCUT2D eigenvalue weighted by Crippen LogP contribution is 2.20. The van der Waals surface area contributed by atoms with Crippen molar-refractivity contribution in [3.05, 3.63) is 69.0 Å². The molecule has 0 atom stereocenters. The van der Waals surface area contributed by atoms with E-state index in [2.05, 4.69) is 15.5 Å². The number of nitrogens with one attached hydrogen (secondary N) is 1. The van der Waals surface area contributed by atoms with Gasteiger partial charge in [-0.25, -0.2) is 0 Å². The van der Waals surface area contributed by atoms with Crippen LogP contribution < -0.4 is 5.32 Å². The number of amides is 1. The molecule has 0 fully saturated rings. The summed E-state index contributed by atoms with van der Waals surface area (Å²) in [6.07, 6.45) is 1.62. The molecule has 1 amide bonds. The van der Waals surface area contributed by atoms with Gasteiger partial charge >= 0.3 is 5.82 Å². The molecular weight excluding hydrogens is 360 g/mol. The van der Waals surface area contributed by atoms with Crippen molar-refractivity contribution < 1.29 is 9.72 Å². The molecule has 1 N–H and O–H groups in total. The molecule has 26 heavy (non-hydrogen) atoms. The fourth-order valence-electron chi connectivity index (χ4n) is 2.38. The standard InChI is InChI=1S/C16H15ClN6O3/c1-11-7-14(23(25)26)19-22(11)10-15(24)18-16-13(17)9-21(20-16)8-12-5-3-2-4-6-12/h2-7,9H,8,10H2,1H3,(H,18,20,24). The minimum Gasteiger partial charge on any atom is -0.358 e. The Morgan fingerprint density at radius 2 is 2.04 bits per heavy atom. The smallest absolute Gasteiger partial charge is 0.358 e. The molecule has 10 heteroatoms. The minimum absolute atomic E-state index is 0.179. The van der Waals surface area contributed by atoms with Crippen molar-refractivity contribution in [2.45, 2.75) is 20.0 Å². The third-order valence-electron chi connectivity index (χ3n) is 3.61. The summed E-state index contributed by atoms with van der Waals surface area (Å²) in [6, 6.07) is 11.0. The minimum atomic E-state index is -0.608. The topological polar surface area (TPSA) is 108 Å². The molecular formula is C16H15ClN6O3.